The Morgan fingerprint density at radius 2 is 1.38 bits per heavy atom. The molecule has 12 nitrogen and oxygen atoms in total. The standard InChI is InChI=1S/C30H53N5O7/c1-9-10-11-12-13-21-15-23(36)31-16-24(37)34-25(18(4)5)29(40)33-22(14-17(2)3)28(39)32-20(8)27(38)35-26(19(6)7)30(41)42-21/h17-22,25-26H,9-16H2,1-8H3,(H,31,36)(H,32,39)(H,33,40)(H,34,37)(H,35,38)/t20-,21-,22+,25+,26+/m0/s1. The van der Waals surface area contributed by atoms with Crippen LogP contribution in [0.25, 0.3) is 0 Å². The van der Waals surface area contributed by atoms with Crippen LogP contribution in [-0.4, -0.2) is 72.3 Å². The van der Waals surface area contributed by atoms with Crippen LogP contribution in [0.3, 0.4) is 0 Å². The molecule has 0 radical (unpaired) electrons. The van der Waals surface area contributed by atoms with Gasteiger partial charge in [0.1, 0.15) is 30.3 Å². The maximum Gasteiger partial charge on any atom is 0.329 e. The summed E-state index contributed by atoms with van der Waals surface area (Å²) in [5, 5.41) is 13.2. The molecule has 1 fully saturated rings. The van der Waals surface area contributed by atoms with Crippen molar-refractivity contribution in [1.82, 2.24) is 26.6 Å². The molecule has 0 aliphatic carbocycles. The number of nitrogens with one attached hydrogen (secondary N) is 5. The average molecular weight is 596 g/mol. The Labute approximate surface area is 250 Å². The average Bonchev–Trinajstić information content (AvgIpc) is 2.89. The number of amides is 5. The van der Waals surface area contributed by atoms with E-state index in [0.717, 1.165) is 25.7 Å². The smallest absolute Gasteiger partial charge is 0.329 e. The third kappa shape index (κ3) is 13.2. The summed E-state index contributed by atoms with van der Waals surface area (Å²) in [5.41, 5.74) is 0. The number of hydrogen-bond donors (Lipinski definition) is 5. The van der Waals surface area contributed by atoms with Gasteiger partial charge in [-0.2, -0.15) is 0 Å². The van der Waals surface area contributed by atoms with Crippen LogP contribution in [0, 0.1) is 17.8 Å². The zero-order valence-corrected chi connectivity index (χ0v) is 26.6. The highest BCUT2D eigenvalue weighted by molar-refractivity contribution is 5.95. The van der Waals surface area contributed by atoms with Crippen molar-refractivity contribution in [3.05, 3.63) is 0 Å². The fourth-order valence-corrected chi connectivity index (χ4v) is 4.58. The van der Waals surface area contributed by atoms with Crippen molar-refractivity contribution in [2.75, 3.05) is 6.54 Å². The number of carbonyl (C=O) groups is 6. The molecule has 0 spiro atoms. The molecule has 1 aliphatic heterocycles. The first-order valence-electron chi connectivity index (χ1n) is 15.3. The highest BCUT2D eigenvalue weighted by Crippen LogP contribution is 2.15. The van der Waals surface area contributed by atoms with Crippen LogP contribution in [0.4, 0.5) is 0 Å². The summed E-state index contributed by atoms with van der Waals surface area (Å²) in [5.74, 6) is -4.04. The molecule has 5 amide bonds. The Kier molecular flexibility index (Phi) is 16.1. The Hall–Kier alpha value is -3.18. The highest BCUT2D eigenvalue weighted by Gasteiger charge is 2.33. The summed E-state index contributed by atoms with van der Waals surface area (Å²) in [6, 6.07) is -3.95. The Morgan fingerprint density at radius 1 is 0.738 bits per heavy atom. The van der Waals surface area contributed by atoms with Crippen LogP contribution in [0.2, 0.25) is 0 Å². The van der Waals surface area contributed by atoms with Gasteiger partial charge in [0.15, 0.2) is 0 Å². The van der Waals surface area contributed by atoms with E-state index in [4.69, 9.17) is 4.74 Å². The van der Waals surface area contributed by atoms with Gasteiger partial charge in [-0.3, -0.25) is 24.0 Å². The zero-order chi connectivity index (χ0) is 32.0. The second-order valence-corrected chi connectivity index (χ2v) is 12.3. The van der Waals surface area contributed by atoms with Gasteiger partial charge in [-0.05, 0) is 43.9 Å². The quantitative estimate of drug-likeness (QED) is 0.199. The summed E-state index contributed by atoms with van der Waals surface area (Å²) >= 11 is 0. The van der Waals surface area contributed by atoms with Crippen LogP contribution in [0.5, 0.6) is 0 Å². The molecule has 0 aromatic rings. The minimum absolute atomic E-state index is 0.0316. The van der Waals surface area contributed by atoms with Crippen molar-refractivity contribution in [3.8, 4) is 0 Å². The third-order valence-corrected chi connectivity index (χ3v) is 7.10. The Morgan fingerprint density at radius 3 is 1.95 bits per heavy atom. The molecule has 0 aromatic carbocycles. The predicted octanol–water partition coefficient (Wildman–Crippen LogP) is 1.71. The zero-order valence-electron chi connectivity index (χ0n) is 26.6. The Balaban J connectivity index is 3.33. The second-order valence-electron chi connectivity index (χ2n) is 12.3. The minimum atomic E-state index is -1.02. The lowest BCUT2D eigenvalue weighted by Gasteiger charge is -2.27. The summed E-state index contributed by atoms with van der Waals surface area (Å²) in [7, 11) is 0. The first kappa shape index (κ1) is 36.8. The van der Waals surface area contributed by atoms with Crippen LogP contribution in [-0.2, 0) is 33.5 Å². The number of unbranched alkanes of at least 4 members (excludes halogenated alkanes) is 3. The third-order valence-electron chi connectivity index (χ3n) is 7.10. The lowest BCUT2D eigenvalue weighted by atomic mass is 9.99. The van der Waals surface area contributed by atoms with E-state index in [-0.39, 0.29) is 30.7 Å². The van der Waals surface area contributed by atoms with Gasteiger partial charge in [-0.15, -0.1) is 0 Å². The van der Waals surface area contributed by atoms with E-state index < -0.39 is 65.8 Å². The van der Waals surface area contributed by atoms with Crippen molar-refractivity contribution in [1.29, 1.82) is 0 Å². The molecule has 0 saturated carbocycles. The number of cyclic esters (lactones) is 1. The van der Waals surface area contributed by atoms with Crippen molar-refractivity contribution in [2.24, 2.45) is 17.8 Å². The molecule has 1 heterocycles. The molecule has 1 saturated heterocycles. The van der Waals surface area contributed by atoms with E-state index >= 15 is 0 Å². The topological polar surface area (TPSA) is 172 Å². The number of carbonyl (C=O) groups excluding carboxylic acids is 6. The van der Waals surface area contributed by atoms with Gasteiger partial charge in [-0.25, -0.2) is 4.79 Å². The first-order valence-corrected chi connectivity index (χ1v) is 15.3. The summed E-state index contributed by atoms with van der Waals surface area (Å²) < 4.78 is 5.74. The number of ether oxygens (including phenoxy) is 1. The molecule has 42 heavy (non-hydrogen) atoms. The number of rotatable bonds is 9. The highest BCUT2D eigenvalue weighted by atomic mass is 16.5. The van der Waals surface area contributed by atoms with Crippen LogP contribution in [0.15, 0.2) is 0 Å². The molecule has 12 heteroatoms. The molecule has 240 valence electrons. The predicted molar refractivity (Wildman–Crippen MR) is 159 cm³/mol. The van der Waals surface area contributed by atoms with Gasteiger partial charge in [0, 0.05) is 0 Å². The van der Waals surface area contributed by atoms with Gasteiger partial charge in [0.05, 0.1) is 13.0 Å². The van der Waals surface area contributed by atoms with E-state index in [9.17, 15) is 28.8 Å². The second kappa shape index (κ2) is 18.4. The van der Waals surface area contributed by atoms with Crippen molar-refractivity contribution in [3.63, 3.8) is 0 Å². The maximum absolute atomic E-state index is 13.2. The van der Waals surface area contributed by atoms with E-state index in [0.29, 0.717) is 12.8 Å². The molecule has 1 rings (SSSR count). The summed E-state index contributed by atoms with van der Waals surface area (Å²) in [4.78, 5) is 78.2. The molecule has 0 bridgehead atoms. The van der Waals surface area contributed by atoms with Gasteiger partial charge in [0.2, 0.25) is 29.5 Å². The molecule has 5 atom stereocenters. The van der Waals surface area contributed by atoms with Gasteiger partial charge >= 0.3 is 5.97 Å². The lowest BCUT2D eigenvalue weighted by Crippen LogP contribution is -2.58. The summed E-state index contributed by atoms with van der Waals surface area (Å²) in [6.07, 6.45) is 3.51. The first-order chi connectivity index (χ1) is 19.7. The number of esters is 1. The monoisotopic (exact) mass is 595 g/mol. The van der Waals surface area contributed by atoms with Crippen LogP contribution in [0.1, 0.15) is 100 Å². The maximum atomic E-state index is 13.2. The van der Waals surface area contributed by atoms with Gasteiger partial charge in [-0.1, -0.05) is 67.7 Å². The molecule has 1 aliphatic rings. The molecule has 0 aromatic heterocycles. The largest absolute Gasteiger partial charge is 0.460 e. The van der Waals surface area contributed by atoms with E-state index in [2.05, 4.69) is 33.5 Å². The minimum Gasteiger partial charge on any atom is -0.460 e. The van der Waals surface area contributed by atoms with E-state index in [1.54, 1.807) is 27.7 Å². The fraction of sp³-hybridized carbons (Fsp3) is 0.800. The van der Waals surface area contributed by atoms with Crippen LogP contribution < -0.4 is 26.6 Å². The summed E-state index contributed by atoms with van der Waals surface area (Å²) in [6.45, 7) is 14.0. The van der Waals surface area contributed by atoms with Crippen molar-refractivity contribution < 1.29 is 33.5 Å². The lowest BCUT2D eigenvalue weighted by molar-refractivity contribution is -0.156. The van der Waals surface area contributed by atoms with Crippen molar-refractivity contribution >= 4 is 35.5 Å². The van der Waals surface area contributed by atoms with Crippen LogP contribution >= 0.6 is 0 Å². The normalized spacial score (nSPS) is 25.9. The van der Waals surface area contributed by atoms with E-state index in [1.807, 2.05) is 13.8 Å². The fourth-order valence-electron chi connectivity index (χ4n) is 4.58. The molecule has 5 N–H and O–H groups in total. The van der Waals surface area contributed by atoms with E-state index in [1.165, 1.54) is 6.92 Å². The number of hydrogen-bond acceptors (Lipinski definition) is 7. The molecular weight excluding hydrogens is 542 g/mol. The SMILES string of the molecule is CCCCCC[C@H]1CC(=O)NCC(=O)N[C@H](C(C)C)C(=O)N[C@H](CC(C)C)C(=O)N[C@@H](C)C(=O)N[C@H](C(C)C)C(=O)O1. The van der Waals surface area contributed by atoms with Gasteiger partial charge < -0.3 is 31.3 Å². The van der Waals surface area contributed by atoms with Crippen molar-refractivity contribution in [2.45, 2.75) is 131 Å². The molecular formula is C30H53N5O7. The molecule has 0 unspecified atom stereocenters. The van der Waals surface area contributed by atoms with Gasteiger partial charge in [0.25, 0.3) is 0 Å². The Bertz CT molecular complexity index is 937.